The van der Waals surface area contributed by atoms with Crippen LogP contribution in [0.5, 0.6) is 0 Å². The molecule has 1 aliphatic rings. The van der Waals surface area contributed by atoms with Gasteiger partial charge in [-0.15, -0.1) is 0 Å². The monoisotopic (exact) mass is 254 g/mol. The summed E-state index contributed by atoms with van der Waals surface area (Å²) in [4.78, 5) is 0. The van der Waals surface area contributed by atoms with E-state index in [1.165, 1.54) is 0 Å². The minimum atomic E-state index is -1.06. The van der Waals surface area contributed by atoms with Crippen molar-refractivity contribution in [1.29, 1.82) is 0 Å². The molecule has 0 atom stereocenters. The topological polar surface area (TPSA) is 0 Å². The summed E-state index contributed by atoms with van der Waals surface area (Å²) in [6.45, 7) is 0. The van der Waals surface area contributed by atoms with E-state index in [0.29, 0.717) is 0 Å². The second-order valence-electron chi connectivity index (χ2n) is 3.09. The van der Waals surface area contributed by atoms with E-state index in [9.17, 15) is 0 Å². The molecule has 1 fully saturated rings. The van der Waals surface area contributed by atoms with Crippen molar-refractivity contribution in [2.75, 3.05) is 0 Å². The van der Waals surface area contributed by atoms with E-state index >= 15 is 0 Å². The standard InChI is InChI=1S/C9H6Cl4/c10-8(11)7(9(8,12)13)6-4-2-1-3-5-6/h1-5,7H. The molecule has 0 spiro atoms. The molecule has 0 aliphatic heterocycles. The van der Waals surface area contributed by atoms with Crippen LogP contribution in [0.2, 0.25) is 0 Å². The summed E-state index contributed by atoms with van der Waals surface area (Å²) in [7, 11) is 0. The third kappa shape index (κ3) is 1.35. The van der Waals surface area contributed by atoms with Crippen LogP contribution in [0.1, 0.15) is 11.5 Å². The van der Waals surface area contributed by atoms with Gasteiger partial charge in [-0.2, -0.15) is 0 Å². The average Bonchev–Trinajstić information content (AvgIpc) is 2.44. The molecule has 2 rings (SSSR count). The van der Waals surface area contributed by atoms with Gasteiger partial charge in [0.2, 0.25) is 0 Å². The number of rotatable bonds is 1. The first kappa shape index (κ1) is 9.92. The van der Waals surface area contributed by atoms with Gasteiger partial charge in [0.15, 0.2) is 8.67 Å². The maximum Gasteiger partial charge on any atom is 0.161 e. The summed E-state index contributed by atoms with van der Waals surface area (Å²) >= 11 is 23.7. The fourth-order valence-corrected chi connectivity index (χ4v) is 3.01. The van der Waals surface area contributed by atoms with Crippen LogP contribution in [-0.4, -0.2) is 8.67 Å². The van der Waals surface area contributed by atoms with Gasteiger partial charge in [-0.3, -0.25) is 0 Å². The van der Waals surface area contributed by atoms with Crippen molar-refractivity contribution < 1.29 is 0 Å². The maximum atomic E-state index is 5.93. The van der Waals surface area contributed by atoms with Gasteiger partial charge in [0.1, 0.15) is 0 Å². The Hall–Kier alpha value is 0.380. The fourth-order valence-electron chi connectivity index (χ4n) is 1.41. The van der Waals surface area contributed by atoms with Gasteiger partial charge in [0.05, 0.1) is 5.92 Å². The zero-order chi connectivity index (χ0) is 9.69. The van der Waals surface area contributed by atoms with Gasteiger partial charge in [-0.05, 0) is 5.56 Å². The molecule has 13 heavy (non-hydrogen) atoms. The molecule has 1 aliphatic carbocycles. The second-order valence-corrected chi connectivity index (χ2v) is 5.86. The molecule has 0 nitrogen and oxygen atoms in total. The SMILES string of the molecule is ClC1(Cl)C(c2ccccc2)C1(Cl)Cl. The predicted octanol–water partition coefficient (Wildman–Crippen LogP) is 4.13. The minimum Gasteiger partial charge on any atom is -0.0975 e. The Balaban J connectivity index is 2.33. The van der Waals surface area contributed by atoms with Crippen molar-refractivity contribution in [2.24, 2.45) is 0 Å². The highest BCUT2D eigenvalue weighted by atomic mass is 35.5. The van der Waals surface area contributed by atoms with Crippen LogP contribution in [0.3, 0.4) is 0 Å². The summed E-state index contributed by atoms with van der Waals surface area (Å²) < 4.78 is -2.12. The van der Waals surface area contributed by atoms with E-state index in [1.807, 2.05) is 30.3 Å². The molecule has 0 aromatic heterocycles. The Morgan fingerprint density at radius 3 is 1.69 bits per heavy atom. The fraction of sp³-hybridized carbons (Fsp3) is 0.333. The first-order valence-electron chi connectivity index (χ1n) is 3.78. The molecular formula is C9H6Cl4. The molecule has 0 saturated heterocycles. The molecule has 70 valence electrons. The van der Waals surface area contributed by atoms with Gasteiger partial charge in [0, 0.05) is 0 Å². The van der Waals surface area contributed by atoms with Crippen LogP contribution in [0, 0.1) is 0 Å². The smallest absolute Gasteiger partial charge is 0.0975 e. The molecule has 1 aromatic carbocycles. The van der Waals surface area contributed by atoms with E-state index in [1.54, 1.807) is 0 Å². The van der Waals surface area contributed by atoms with Gasteiger partial charge in [-0.25, -0.2) is 0 Å². The van der Waals surface area contributed by atoms with E-state index in [-0.39, 0.29) is 5.92 Å². The quantitative estimate of drug-likeness (QED) is 0.662. The summed E-state index contributed by atoms with van der Waals surface area (Å²) in [5.74, 6) is -0.201. The third-order valence-electron chi connectivity index (χ3n) is 2.22. The Kier molecular flexibility index (Phi) is 2.24. The first-order chi connectivity index (χ1) is 5.98. The van der Waals surface area contributed by atoms with Crippen molar-refractivity contribution in [3.63, 3.8) is 0 Å². The third-order valence-corrected chi connectivity index (χ3v) is 4.67. The van der Waals surface area contributed by atoms with E-state index in [4.69, 9.17) is 46.4 Å². The van der Waals surface area contributed by atoms with Gasteiger partial charge in [0.25, 0.3) is 0 Å². The Labute approximate surface area is 96.7 Å². The zero-order valence-electron chi connectivity index (χ0n) is 6.48. The summed E-state index contributed by atoms with van der Waals surface area (Å²) in [6, 6.07) is 9.55. The van der Waals surface area contributed by atoms with Gasteiger partial charge in [-0.1, -0.05) is 76.7 Å². The molecule has 1 aromatic rings. The van der Waals surface area contributed by atoms with Crippen LogP contribution in [0.4, 0.5) is 0 Å². The molecule has 0 heterocycles. The number of hydrogen-bond acceptors (Lipinski definition) is 0. The van der Waals surface area contributed by atoms with Crippen LogP contribution in [0.15, 0.2) is 30.3 Å². The maximum absolute atomic E-state index is 5.93. The van der Waals surface area contributed by atoms with E-state index in [0.717, 1.165) is 5.56 Å². The van der Waals surface area contributed by atoms with Gasteiger partial charge >= 0.3 is 0 Å². The molecular weight excluding hydrogens is 250 g/mol. The number of benzene rings is 1. The molecule has 0 amide bonds. The van der Waals surface area contributed by atoms with Crippen molar-refractivity contribution >= 4 is 46.4 Å². The van der Waals surface area contributed by atoms with Crippen molar-refractivity contribution in [2.45, 2.75) is 14.6 Å². The largest absolute Gasteiger partial charge is 0.161 e. The molecule has 1 saturated carbocycles. The predicted molar refractivity (Wildman–Crippen MR) is 58.1 cm³/mol. The van der Waals surface area contributed by atoms with E-state index in [2.05, 4.69) is 0 Å². The number of alkyl halides is 4. The highest BCUT2D eigenvalue weighted by molar-refractivity contribution is 6.69. The second kappa shape index (κ2) is 2.93. The Bertz CT molecular complexity index is 304. The molecule has 0 radical (unpaired) electrons. The number of halogens is 4. The van der Waals surface area contributed by atoms with Crippen LogP contribution < -0.4 is 0 Å². The zero-order valence-corrected chi connectivity index (χ0v) is 9.50. The minimum absolute atomic E-state index is 0.201. The van der Waals surface area contributed by atoms with Crippen LogP contribution >= 0.6 is 46.4 Å². The lowest BCUT2D eigenvalue weighted by Gasteiger charge is -1.97. The normalized spacial score (nSPS) is 24.3. The lowest BCUT2D eigenvalue weighted by Crippen LogP contribution is -1.96. The summed E-state index contributed by atoms with van der Waals surface area (Å²) in [5.41, 5.74) is 0.970. The molecule has 4 heteroatoms. The Morgan fingerprint density at radius 2 is 1.31 bits per heavy atom. The molecule has 0 N–H and O–H groups in total. The van der Waals surface area contributed by atoms with E-state index < -0.39 is 8.67 Å². The van der Waals surface area contributed by atoms with Crippen LogP contribution in [-0.2, 0) is 0 Å². The lowest BCUT2D eigenvalue weighted by molar-refractivity contribution is 1.09. The molecule has 0 unspecified atom stereocenters. The summed E-state index contributed by atoms with van der Waals surface area (Å²) in [6.07, 6.45) is 0. The van der Waals surface area contributed by atoms with Gasteiger partial charge < -0.3 is 0 Å². The lowest BCUT2D eigenvalue weighted by atomic mass is 10.1. The highest BCUT2D eigenvalue weighted by Gasteiger charge is 2.75. The Morgan fingerprint density at radius 1 is 0.846 bits per heavy atom. The highest BCUT2D eigenvalue weighted by Crippen LogP contribution is 2.73. The number of hydrogen-bond donors (Lipinski definition) is 0. The summed E-state index contributed by atoms with van der Waals surface area (Å²) in [5, 5.41) is 0. The first-order valence-corrected chi connectivity index (χ1v) is 5.29. The molecule has 0 bridgehead atoms. The average molecular weight is 256 g/mol. The van der Waals surface area contributed by atoms with Crippen LogP contribution in [0.25, 0.3) is 0 Å². The van der Waals surface area contributed by atoms with Crippen molar-refractivity contribution in [3.05, 3.63) is 35.9 Å². The van der Waals surface area contributed by atoms with Crippen molar-refractivity contribution in [3.8, 4) is 0 Å². The van der Waals surface area contributed by atoms with Crippen molar-refractivity contribution in [1.82, 2.24) is 0 Å².